The number of ether oxygens (including phenoxy) is 1. The van der Waals surface area contributed by atoms with E-state index in [0.29, 0.717) is 6.04 Å². The molecular weight excluding hydrogens is 258 g/mol. The molecule has 106 valence electrons. The summed E-state index contributed by atoms with van der Waals surface area (Å²) in [6.45, 7) is 3.16. The van der Waals surface area contributed by atoms with Gasteiger partial charge in [0.2, 0.25) is 0 Å². The Labute approximate surface area is 121 Å². The van der Waals surface area contributed by atoms with Crippen LogP contribution in [0.15, 0.2) is 24.3 Å². The van der Waals surface area contributed by atoms with E-state index in [4.69, 9.17) is 16.3 Å². The van der Waals surface area contributed by atoms with Crippen LogP contribution in [0.1, 0.15) is 38.2 Å². The van der Waals surface area contributed by atoms with Gasteiger partial charge in [0.25, 0.3) is 0 Å². The maximum absolute atomic E-state index is 5.93. The Morgan fingerprint density at radius 1 is 1.32 bits per heavy atom. The van der Waals surface area contributed by atoms with Crippen LogP contribution in [-0.4, -0.2) is 25.3 Å². The first kappa shape index (κ1) is 14.8. The fourth-order valence-electron chi connectivity index (χ4n) is 2.92. The molecule has 1 unspecified atom stereocenters. The van der Waals surface area contributed by atoms with Crippen molar-refractivity contribution in [2.24, 2.45) is 0 Å². The van der Waals surface area contributed by atoms with Crippen LogP contribution in [0.5, 0.6) is 0 Å². The van der Waals surface area contributed by atoms with E-state index >= 15 is 0 Å². The summed E-state index contributed by atoms with van der Waals surface area (Å²) in [5.74, 6) is 0. The van der Waals surface area contributed by atoms with E-state index in [1.807, 2.05) is 19.2 Å². The summed E-state index contributed by atoms with van der Waals surface area (Å²) < 4.78 is 5.75. The molecule has 0 aliphatic heterocycles. The molecule has 0 amide bonds. The Morgan fingerprint density at radius 3 is 2.47 bits per heavy atom. The first-order chi connectivity index (χ1) is 9.17. The number of likely N-dealkylation sites (N-methyl/N-ethyl adjacent to an activating group) is 1. The summed E-state index contributed by atoms with van der Waals surface area (Å²) in [5, 5.41) is 4.39. The lowest BCUT2D eigenvalue weighted by Crippen LogP contribution is -2.46. The van der Waals surface area contributed by atoms with Crippen molar-refractivity contribution in [1.29, 1.82) is 0 Å². The van der Waals surface area contributed by atoms with Gasteiger partial charge < -0.3 is 10.1 Å². The molecule has 1 aliphatic rings. The molecular formula is C16H24ClNO. The van der Waals surface area contributed by atoms with Crippen LogP contribution in [0.3, 0.4) is 0 Å². The van der Waals surface area contributed by atoms with Gasteiger partial charge in [-0.3, -0.25) is 0 Å². The van der Waals surface area contributed by atoms with Gasteiger partial charge in [0.05, 0.1) is 5.60 Å². The minimum absolute atomic E-state index is 0.124. The van der Waals surface area contributed by atoms with Gasteiger partial charge in [-0.2, -0.15) is 0 Å². The largest absolute Gasteiger partial charge is 0.378 e. The lowest BCUT2D eigenvalue weighted by Gasteiger charge is -2.43. The van der Waals surface area contributed by atoms with Crippen molar-refractivity contribution in [3.8, 4) is 0 Å². The monoisotopic (exact) mass is 281 g/mol. The fraction of sp³-hybridized carbons (Fsp3) is 0.625. The first-order valence-corrected chi connectivity index (χ1v) is 7.58. The smallest absolute Gasteiger partial charge is 0.0693 e. The maximum Gasteiger partial charge on any atom is 0.0693 e. The summed E-state index contributed by atoms with van der Waals surface area (Å²) >= 11 is 5.93. The zero-order valence-electron chi connectivity index (χ0n) is 11.9. The molecule has 0 saturated heterocycles. The van der Waals surface area contributed by atoms with Crippen molar-refractivity contribution < 1.29 is 4.74 Å². The van der Waals surface area contributed by atoms with Crippen molar-refractivity contribution in [1.82, 2.24) is 5.32 Å². The number of methoxy groups -OCH3 is 1. The number of rotatable bonds is 7. The molecule has 1 atom stereocenters. The van der Waals surface area contributed by atoms with Crippen LogP contribution >= 0.6 is 11.6 Å². The number of halogens is 1. The molecule has 1 aromatic rings. The van der Waals surface area contributed by atoms with Crippen molar-refractivity contribution in [2.75, 3.05) is 13.7 Å². The van der Waals surface area contributed by atoms with Gasteiger partial charge >= 0.3 is 0 Å². The van der Waals surface area contributed by atoms with Gasteiger partial charge in [-0.05, 0) is 56.3 Å². The van der Waals surface area contributed by atoms with E-state index in [1.54, 1.807) is 0 Å². The standard InChI is InChI=1S/C16H24ClNO/c1-3-18-15(12-16(19-2)9-4-10-16)11-13-5-7-14(17)8-6-13/h5-8,15,18H,3-4,9-12H2,1-2H3. The summed E-state index contributed by atoms with van der Waals surface area (Å²) in [4.78, 5) is 0. The molecule has 1 saturated carbocycles. The third-order valence-corrected chi connectivity index (χ3v) is 4.46. The Hall–Kier alpha value is -0.570. The zero-order chi connectivity index (χ0) is 13.7. The SMILES string of the molecule is CCNC(Cc1ccc(Cl)cc1)CC1(OC)CCC1. The average molecular weight is 282 g/mol. The van der Waals surface area contributed by atoms with Crippen LogP contribution < -0.4 is 5.32 Å². The number of benzene rings is 1. The summed E-state index contributed by atoms with van der Waals surface area (Å²) in [5.41, 5.74) is 1.46. The molecule has 1 aliphatic carbocycles. The highest BCUT2D eigenvalue weighted by Gasteiger charge is 2.38. The summed E-state index contributed by atoms with van der Waals surface area (Å²) in [6, 6.07) is 8.65. The molecule has 0 heterocycles. The van der Waals surface area contributed by atoms with Gasteiger partial charge in [0.15, 0.2) is 0 Å². The van der Waals surface area contributed by atoms with E-state index in [9.17, 15) is 0 Å². The molecule has 0 radical (unpaired) electrons. The Kier molecular flexibility index (Phi) is 5.26. The van der Waals surface area contributed by atoms with Gasteiger partial charge in [-0.25, -0.2) is 0 Å². The molecule has 0 bridgehead atoms. The second-order valence-corrected chi connectivity index (χ2v) is 5.97. The highest BCUT2D eigenvalue weighted by atomic mass is 35.5. The molecule has 1 fully saturated rings. The minimum atomic E-state index is 0.124. The van der Waals surface area contributed by atoms with Crippen molar-refractivity contribution in [3.63, 3.8) is 0 Å². The lowest BCUT2D eigenvalue weighted by atomic mass is 9.75. The Bertz CT molecular complexity index is 381. The van der Waals surface area contributed by atoms with Gasteiger partial charge in [-0.1, -0.05) is 30.7 Å². The second kappa shape index (κ2) is 6.74. The maximum atomic E-state index is 5.93. The Balaban J connectivity index is 1.97. The molecule has 2 nitrogen and oxygen atoms in total. The van der Waals surface area contributed by atoms with Crippen LogP contribution in [0.2, 0.25) is 5.02 Å². The fourth-order valence-corrected chi connectivity index (χ4v) is 3.05. The van der Waals surface area contributed by atoms with E-state index in [0.717, 1.165) is 24.4 Å². The van der Waals surface area contributed by atoms with Crippen molar-refractivity contribution in [2.45, 2.75) is 50.7 Å². The van der Waals surface area contributed by atoms with Gasteiger partial charge in [-0.15, -0.1) is 0 Å². The average Bonchev–Trinajstić information content (AvgIpc) is 2.37. The van der Waals surface area contributed by atoms with E-state index in [1.165, 1.54) is 24.8 Å². The quantitative estimate of drug-likeness (QED) is 0.820. The first-order valence-electron chi connectivity index (χ1n) is 7.20. The lowest BCUT2D eigenvalue weighted by molar-refractivity contribution is -0.0833. The molecule has 19 heavy (non-hydrogen) atoms. The zero-order valence-corrected chi connectivity index (χ0v) is 12.7. The van der Waals surface area contributed by atoms with E-state index in [2.05, 4.69) is 24.4 Å². The predicted molar refractivity (Wildman–Crippen MR) is 80.8 cm³/mol. The van der Waals surface area contributed by atoms with Crippen LogP contribution in [0, 0.1) is 0 Å². The highest BCUT2D eigenvalue weighted by Crippen LogP contribution is 2.39. The van der Waals surface area contributed by atoms with Gasteiger partial charge in [0.1, 0.15) is 0 Å². The molecule has 3 heteroatoms. The number of hydrogen-bond donors (Lipinski definition) is 1. The van der Waals surface area contributed by atoms with Crippen molar-refractivity contribution >= 4 is 11.6 Å². The molecule has 1 aromatic carbocycles. The topological polar surface area (TPSA) is 21.3 Å². The molecule has 0 aromatic heterocycles. The second-order valence-electron chi connectivity index (χ2n) is 5.53. The summed E-state index contributed by atoms with van der Waals surface area (Å²) in [7, 11) is 1.85. The van der Waals surface area contributed by atoms with Gasteiger partial charge in [0, 0.05) is 18.2 Å². The highest BCUT2D eigenvalue weighted by molar-refractivity contribution is 6.30. The predicted octanol–water partition coefficient (Wildman–Crippen LogP) is 3.82. The van der Waals surface area contributed by atoms with Crippen LogP contribution in [0.25, 0.3) is 0 Å². The third kappa shape index (κ3) is 3.95. The summed E-state index contributed by atoms with van der Waals surface area (Å²) in [6.07, 6.45) is 5.84. The van der Waals surface area contributed by atoms with Crippen LogP contribution in [-0.2, 0) is 11.2 Å². The number of nitrogens with one attached hydrogen (secondary N) is 1. The molecule has 0 spiro atoms. The van der Waals surface area contributed by atoms with E-state index < -0.39 is 0 Å². The van der Waals surface area contributed by atoms with Crippen molar-refractivity contribution in [3.05, 3.63) is 34.9 Å². The third-order valence-electron chi connectivity index (χ3n) is 4.20. The number of hydrogen-bond acceptors (Lipinski definition) is 2. The van der Waals surface area contributed by atoms with E-state index in [-0.39, 0.29) is 5.60 Å². The molecule has 2 rings (SSSR count). The Morgan fingerprint density at radius 2 is 2.00 bits per heavy atom. The minimum Gasteiger partial charge on any atom is -0.378 e. The molecule has 1 N–H and O–H groups in total. The normalized spacial score (nSPS) is 18.9. The van der Waals surface area contributed by atoms with Crippen LogP contribution in [0.4, 0.5) is 0 Å².